The summed E-state index contributed by atoms with van der Waals surface area (Å²) >= 11 is 1.56. The SMILES string of the molecule is Cl.Nc1ncc(CN2CCC(OCCO)CC2)s1. The monoisotopic (exact) mass is 293 g/mol. The van der Waals surface area contributed by atoms with E-state index in [1.807, 2.05) is 6.20 Å². The van der Waals surface area contributed by atoms with Crippen LogP contribution in [-0.4, -0.2) is 47.4 Å². The summed E-state index contributed by atoms with van der Waals surface area (Å²) in [5.74, 6) is 0. The highest BCUT2D eigenvalue weighted by atomic mass is 35.5. The molecule has 0 amide bonds. The van der Waals surface area contributed by atoms with Gasteiger partial charge in [-0.25, -0.2) is 4.98 Å². The zero-order chi connectivity index (χ0) is 12.1. The molecule has 0 aromatic carbocycles. The van der Waals surface area contributed by atoms with Crippen LogP contribution < -0.4 is 5.73 Å². The maximum atomic E-state index is 8.69. The Balaban J connectivity index is 0.00000162. The zero-order valence-electron chi connectivity index (χ0n) is 10.2. The van der Waals surface area contributed by atoms with Crippen LogP contribution in [0.1, 0.15) is 17.7 Å². The van der Waals surface area contributed by atoms with Crippen molar-refractivity contribution in [2.24, 2.45) is 0 Å². The predicted octanol–water partition coefficient (Wildman–Crippen LogP) is 1.12. The molecule has 2 rings (SSSR count). The number of piperidine rings is 1. The minimum Gasteiger partial charge on any atom is -0.394 e. The van der Waals surface area contributed by atoms with Crippen LogP contribution in [0.2, 0.25) is 0 Å². The van der Waals surface area contributed by atoms with Crippen molar-refractivity contribution in [3.05, 3.63) is 11.1 Å². The van der Waals surface area contributed by atoms with E-state index in [-0.39, 0.29) is 19.0 Å². The van der Waals surface area contributed by atoms with Crippen molar-refractivity contribution in [3.8, 4) is 0 Å². The average Bonchev–Trinajstić information content (AvgIpc) is 2.74. The van der Waals surface area contributed by atoms with E-state index in [0.717, 1.165) is 32.5 Å². The van der Waals surface area contributed by atoms with Crippen LogP contribution in [0.5, 0.6) is 0 Å². The fourth-order valence-corrected chi connectivity index (χ4v) is 2.80. The lowest BCUT2D eigenvalue weighted by molar-refractivity contribution is -0.00887. The minimum atomic E-state index is 0. The molecule has 1 fully saturated rings. The van der Waals surface area contributed by atoms with Crippen LogP contribution in [0, 0.1) is 0 Å². The van der Waals surface area contributed by atoms with E-state index in [9.17, 15) is 0 Å². The van der Waals surface area contributed by atoms with E-state index in [1.165, 1.54) is 4.88 Å². The number of nitrogens with zero attached hydrogens (tertiary/aromatic N) is 2. The number of nitrogen functional groups attached to an aromatic ring is 1. The lowest BCUT2D eigenvalue weighted by Crippen LogP contribution is -2.36. The summed E-state index contributed by atoms with van der Waals surface area (Å²) < 4.78 is 5.53. The lowest BCUT2D eigenvalue weighted by Gasteiger charge is -2.31. The third-order valence-corrected chi connectivity index (χ3v) is 3.74. The Morgan fingerprint density at radius 3 is 2.78 bits per heavy atom. The van der Waals surface area contributed by atoms with Gasteiger partial charge in [-0.05, 0) is 12.8 Å². The molecule has 1 aromatic rings. The molecule has 1 saturated heterocycles. The van der Waals surface area contributed by atoms with Gasteiger partial charge in [-0.15, -0.1) is 23.7 Å². The Kier molecular flexibility index (Phi) is 6.88. The van der Waals surface area contributed by atoms with Crippen LogP contribution in [-0.2, 0) is 11.3 Å². The molecule has 1 aliphatic heterocycles. The van der Waals surface area contributed by atoms with E-state index in [1.54, 1.807) is 11.3 Å². The number of hydrogen-bond acceptors (Lipinski definition) is 6. The summed E-state index contributed by atoms with van der Waals surface area (Å²) in [6.07, 6.45) is 4.24. The fraction of sp³-hybridized carbons (Fsp3) is 0.727. The summed E-state index contributed by atoms with van der Waals surface area (Å²) in [5.41, 5.74) is 5.61. The van der Waals surface area contributed by atoms with Gasteiger partial charge in [-0.3, -0.25) is 4.90 Å². The number of thiazole rings is 1. The lowest BCUT2D eigenvalue weighted by atomic mass is 10.1. The summed E-state index contributed by atoms with van der Waals surface area (Å²) in [6, 6.07) is 0. The van der Waals surface area contributed by atoms with E-state index in [4.69, 9.17) is 15.6 Å². The number of aliphatic hydroxyl groups excluding tert-OH is 1. The first-order chi connectivity index (χ1) is 8.28. The number of nitrogens with two attached hydrogens (primary N) is 1. The van der Waals surface area contributed by atoms with Crippen molar-refractivity contribution >= 4 is 28.9 Å². The molecule has 0 saturated carbocycles. The van der Waals surface area contributed by atoms with Crippen molar-refractivity contribution in [2.45, 2.75) is 25.5 Å². The summed E-state index contributed by atoms with van der Waals surface area (Å²) in [6.45, 7) is 3.57. The number of aliphatic hydroxyl groups is 1. The first kappa shape index (κ1) is 15.7. The van der Waals surface area contributed by atoms with E-state index >= 15 is 0 Å². The molecule has 2 heterocycles. The number of hydrogen-bond donors (Lipinski definition) is 2. The number of anilines is 1. The summed E-state index contributed by atoms with van der Waals surface area (Å²) in [7, 11) is 0. The van der Waals surface area contributed by atoms with Crippen molar-refractivity contribution in [1.82, 2.24) is 9.88 Å². The largest absolute Gasteiger partial charge is 0.394 e. The standard InChI is InChI=1S/C11H19N3O2S.ClH/c12-11-13-7-10(17-11)8-14-3-1-9(2-4-14)16-6-5-15;/h7,9,15H,1-6,8H2,(H2,12,13);1H. The average molecular weight is 294 g/mol. The van der Waals surface area contributed by atoms with Gasteiger partial charge in [0.1, 0.15) is 0 Å². The zero-order valence-corrected chi connectivity index (χ0v) is 11.9. The quantitative estimate of drug-likeness (QED) is 0.851. The molecule has 18 heavy (non-hydrogen) atoms. The highest BCUT2D eigenvalue weighted by Crippen LogP contribution is 2.20. The van der Waals surface area contributed by atoms with Crippen molar-refractivity contribution in [1.29, 1.82) is 0 Å². The van der Waals surface area contributed by atoms with Crippen molar-refractivity contribution in [3.63, 3.8) is 0 Å². The fourth-order valence-electron chi connectivity index (χ4n) is 2.07. The molecular weight excluding hydrogens is 274 g/mol. The van der Waals surface area contributed by atoms with Gasteiger partial charge in [0.2, 0.25) is 0 Å². The Morgan fingerprint density at radius 2 is 2.22 bits per heavy atom. The maximum Gasteiger partial charge on any atom is 0.180 e. The van der Waals surface area contributed by atoms with Crippen molar-refractivity contribution in [2.75, 3.05) is 32.0 Å². The van der Waals surface area contributed by atoms with Crippen LogP contribution in [0.25, 0.3) is 0 Å². The number of likely N-dealkylation sites (tertiary alicyclic amines) is 1. The third kappa shape index (κ3) is 4.70. The molecule has 0 bridgehead atoms. The van der Waals surface area contributed by atoms with Crippen LogP contribution in [0.4, 0.5) is 5.13 Å². The molecule has 0 atom stereocenters. The topological polar surface area (TPSA) is 71.6 Å². The Morgan fingerprint density at radius 1 is 1.50 bits per heavy atom. The molecule has 5 nitrogen and oxygen atoms in total. The van der Waals surface area contributed by atoms with Gasteiger partial charge in [-0.1, -0.05) is 0 Å². The van der Waals surface area contributed by atoms with Gasteiger partial charge in [0.15, 0.2) is 5.13 Å². The second-order valence-corrected chi connectivity index (χ2v) is 5.38. The molecule has 1 aliphatic rings. The second-order valence-electron chi connectivity index (χ2n) is 4.23. The first-order valence-electron chi connectivity index (χ1n) is 5.93. The highest BCUT2D eigenvalue weighted by Gasteiger charge is 2.19. The maximum absolute atomic E-state index is 8.69. The predicted molar refractivity (Wildman–Crippen MR) is 75.1 cm³/mol. The van der Waals surface area contributed by atoms with Gasteiger partial charge in [0.25, 0.3) is 0 Å². The molecule has 0 aliphatic carbocycles. The number of ether oxygens (including phenoxy) is 1. The van der Waals surface area contributed by atoms with Gasteiger partial charge in [0.05, 0.1) is 19.3 Å². The smallest absolute Gasteiger partial charge is 0.180 e. The molecule has 0 unspecified atom stereocenters. The highest BCUT2D eigenvalue weighted by molar-refractivity contribution is 7.15. The summed E-state index contributed by atoms with van der Waals surface area (Å²) in [5, 5.41) is 9.33. The third-order valence-electron chi connectivity index (χ3n) is 2.93. The number of rotatable bonds is 5. The van der Waals surface area contributed by atoms with Gasteiger partial charge in [0, 0.05) is 30.7 Å². The Bertz CT molecular complexity index is 343. The normalized spacial score (nSPS) is 17.6. The molecule has 0 radical (unpaired) electrons. The molecule has 3 N–H and O–H groups in total. The summed E-state index contributed by atoms with van der Waals surface area (Å²) in [4.78, 5) is 7.67. The van der Waals surface area contributed by atoms with Crippen LogP contribution >= 0.6 is 23.7 Å². The molecular formula is C11H20ClN3O2S. The van der Waals surface area contributed by atoms with E-state index in [0.29, 0.717) is 17.8 Å². The minimum absolute atomic E-state index is 0. The molecule has 1 aromatic heterocycles. The van der Waals surface area contributed by atoms with E-state index in [2.05, 4.69) is 9.88 Å². The Labute approximate surface area is 117 Å². The number of halogens is 1. The van der Waals surface area contributed by atoms with Gasteiger partial charge < -0.3 is 15.6 Å². The number of aromatic nitrogens is 1. The van der Waals surface area contributed by atoms with Crippen LogP contribution in [0.3, 0.4) is 0 Å². The van der Waals surface area contributed by atoms with E-state index < -0.39 is 0 Å². The van der Waals surface area contributed by atoms with Gasteiger partial charge in [-0.2, -0.15) is 0 Å². The van der Waals surface area contributed by atoms with Gasteiger partial charge >= 0.3 is 0 Å². The first-order valence-corrected chi connectivity index (χ1v) is 6.74. The molecule has 0 spiro atoms. The Hall–Kier alpha value is -0.400. The molecule has 7 heteroatoms. The molecule has 104 valence electrons. The van der Waals surface area contributed by atoms with Crippen molar-refractivity contribution < 1.29 is 9.84 Å². The van der Waals surface area contributed by atoms with Crippen LogP contribution in [0.15, 0.2) is 6.20 Å². The second kappa shape index (κ2) is 7.91.